The van der Waals surface area contributed by atoms with Crippen LogP contribution < -0.4 is 4.72 Å². The topological polar surface area (TPSA) is 96.4 Å². The van der Waals surface area contributed by atoms with Crippen LogP contribution in [0.1, 0.15) is 10.4 Å². The molecule has 0 aliphatic rings. The lowest BCUT2D eigenvalue weighted by Gasteiger charge is -2.08. The van der Waals surface area contributed by atoms with Crippen LogP contribution in [-0.4, -0.2) is 24.5 Å². The smallest absolute Gasteiger partial charge is 0.337 e. The van der Waals surface area contributed by atoms with Crippen LogP contribution in [-0.2, 0) is 10.0 Å². The molecule has 2 aromatic rings. The maximum absolute atomic E-state index is 13.0. The summed E-state index contributed by atoms with van der Waals surface area (Å²) in [6, 6.07) is 3.04. The second-order valence-corrected chi connectivity index (χ2v) is 5.66. The van der Waals surface area contributed by atoms with Crippen molar-refractivity contribution in [1.82, 2.24) is 4.98 Å². The van der Waals surface area contributed by atoms with Crippen molar-refractivity contribution in [1.29, 1.82) is 0 Å². The number of sulfonamides is 1. The van der Waals surface area contributed by atoms with E-state index in [-0.39, 0.29) is 11.3 Å². The van der Waals surface area contributed by atoms with E-state index in [1.165, 1.54) is 0 Å². The number of halogens is 2. The van der Waals surface area contributed by atoms with Gasteiger partial charge in [0, 0.05) is 18.5 Å². The summed E-state index contributed by atoms with van der Waals surface area (Å²) in [7, 11) is -4.21. The Labute approximate surface area is 118 Å². The van der Waals surface area contributed by atoms with Gasteiger partial charge in [-0.3, -0.25) is 9.71 Å². The van der Waals surface area contributed by atoms with Crippen LogP contribution in [0.5, 0.6) is 0 Å². The van der Waals surface area contributed by atoms with Gasteiger partial charge >= 0.3 is 5.97 Å². The van der Waals surface area contributed by atoms with E-state index in [1.807, 2.05) is 4.72 Å². The number of benzene rings is 1. The molecule has 0 unspecified atom stereocenters. The molecule has 0 radical (unpaired) electrons. The lowest BCUT2D eigenvalue weighted by Crippen LogP contribution is -2.14. The van der Waals surface area contributed by atoms with Gasteiger partial charge in [-0.15, -0.1) is 0 Å². The molecule has 1 heterocycles. The minimum Gasteiger partial charge on any atom is -0.478 e. The van der Waals surface area contributed by atoms with Crippen molar-refractivity contribution in [2.24, 2.45) is 0 Å². The Morgan fingerprint density at radius 1 is 1.10 bits per heavy atom. The third kappa shape index (κ3) is 3.51. The molecule has 110 valence electrons. The first-order valence-corrected chi connectivity index (χ1v) is 6.93. The van der Waals surface area contributed by atoms with E-state index in [0.29, 0.717) is 6.07 Å². The average molecular weight is 314 g/mol. The van der Waals surface area contributed by atoms with Gasteiger partial charge in [0.2, 0.25) is 0 Å². The number of carboxylic acids is 1. The Morgan fingerprint density at radius 3 is 2.29 bits per heavy atom. The molecular formula is C12H8F2N2O4S. The predicted octanol–water partition coefficient (Wildman–Crippen LogP) is 1.86. The average Bonchev–Trinajstić information content (AvgIpc) is 2.37. The molecule has 0 aliphatic carbocycles. The van der Waals surface area contributed by atoms with Crippen molar-refractivity contribution in [3.63, 3.8) is 0 Å². The summed E-state index contributed by atoms with van der Waals surface area (Å²) in [6.07, 6.45) is 1.90. The zero-order chi connectivity index (χ0) is 15.6. The number of aromatic nitrogens is 1. The molecule has 0 saturated heterocycles. The highest BCUT2D eigenvalue weighted by molar-refractivity contribution is 7.92. The fourth-order valence-corrected chi connectivity index (χ4v) is 2.54. The lowest BCUT2D eigenvalue weighted by molar-refractivity contribution is 0.0696. The summed E-state index contributed by atoms with van der Waals surface area (Å²) in [5.41, 5.74) is -0.656. The van der Waals surface area contributed by atoms with E-state index in [4.69, 9.17) is 5.11 Å². The third-order valence-electron chi connectivity index (χ3n) is 2.39. The number of hydrogen-bond donors (Lipinski definition) is 2. The summed E-state index contributed by atoms with van der Waals surface area (Å²) >= 11 is 0. The fourth-order valence-electron chi connectivity index (χ4n) is 1.51. The highest BCUT2D eigenvalue weighted by Crippen LogP contribution is 2.18. The zero-order valence-electron chi connectivity index (χ0n) is 10.2. The molecule has 0 aliphatic heterocycles. The van der Waals surface area contributed by atoms with E-state index < -0.39 is 32.5 Å². The molecule has 0 fully saturated rings. The lowest BCUT2D eigenvalue weighted by atomic mass is 10.3. The van der Waals surface area contributed by atoms with Crippen molar-refractivity contribution in [3.8, 4) is 0 Å². The van der Waals surface area contributed by atoms with Crippen LogP contribution >= 0.6 is 0 Å². The maximum atomic E-state index is 13.0. The number of anilines is 1. The van der Waals surface area contributed by atoms with Crippen LogP contribution in [0.4, 0.5) is 14.5 Å². The van der Waals surface area contributed by atoms with Gasteiger partial charge in [0.1, 0.15) is 16.5 Å². The molecule has 0 spiro atoms. The summed E-state index contributed by atoms with van der Waals surface area (Å²) in [5, 5.41) is 8.78. The van der Waals surface area contributed by atoms with E-state index >= 15 is 0 Å². The van der Waals surface area contributed by atoms with E-state index in [0.717, 1.165) is 30.6 Å². The van der Waals surface area contributed by atoms with E-state index in [1.54, 1.807) is 0 Å². The number of rotatable bonds is 4. The Bertz CT molecular complexity index is 788. The number of aromatic carboxylic acids is 1. The first-order valence-electron chi connectivity index (χ1n) is 5.45. The molecule has 21 heavy (non-hydrogen) atoms. The predicted molar refractivity (Wildman–Crippen MR) is 68.4 cm³/mol. The monoisotopic (exact) mass is 314 g/mol. The van der Waals surface area contributed by atoms with Crippen molar-refractivity contribution in [2.45, 2.75) is 4.90 Å². The van der Waals surface area contributed by atoms with Crippen molar-refractivity contribution < 1.29 is 27.1 Å². The van der Waals surface area contributed by atoms with Gasteiger partial charge in [0.05, 0.1) is 11.3 Å². The molecule has 1 aromatic heterocycles. The molecule has 0 atom stereocenters. The van der Waals surface area contributed by atoms with E-state index in [2.05, 4.69) is 4.98 Å². The zero-order valence-corrected chi connectivity index (χ0v) is 11.1. The van der Waals surface area contributed by atoms with Gasteiger partial charge in [-0.1, -0.05) is 0 Å². The van der Waals surface area contributed by atoms with Gasteiger partial charge < -0.3 is 5.11 Å². The van der Waals surface area contributed by atoms with Crippen molar-refractivity contribution in [2.75, 3.05) is 4.72 Å². The van der Waals surface area contributed by atoms with Gasteiger partial charge in [-0.2, -0.15) is 0 Å². The Hall–Kier alpha value is -2.55. The number of hydrogen-bond acceptors (Lipinski definition) is 4. The number of pyridine rings is 1. The highest BCUT2D eigenvalue weighted by atomic mass is 32.2. The van der Waals surface area contributed by atoms with Crippen LogP contribution in [0.3, 0.4) is 0 Å². The number of nitrogens with one attached hydrogen (secondary N) is 1. The van der Waals surface area contributed by atoms with Gasteiger partial charge in [-0.25, -0.2) is 22.0 Å². The standard InChI is InChI=1S/C12H8F2N2O4S/c13-8-2-9(14)4-10(3-8)16-21(19,20)11-1-7(12(17)18)5-15-6-11/h1-6,16H,(H,17,18). The molecule has 2 rings (SSSR count). The fraction of sp³-hybridized carbons (Fsp3) is 0. The largest absolute Gasteiger partial charge is 0.478 e. The van der Waals surface area contributed by atoms with Crippen LogP contribution in [0.25, 0.3) is 0 Å². The minimum absolute atomic E-state index is 0.326. The van der Waals surface area contributed by atoms with Gasteiger partial charge in [-0.05, 0) is 18.2 Å². The number of carboxylic acid groups (broad SMARTS) is 1. The Balaban J connectivity index is 2.38. The summed E-state index contributed by atoms with van der Waals surface area (Å²) < 4.78 is 52.0. The van der Waals surface area contributed by atoms with Crippen molar-refractivity contribution in [3.05, 3.63) is 53.9 Å². The molecular weight excluding hydrogens is 306 g/mol. The van der Waals surface area contributed by atoms with Gasteiger partial charge in [0.25, 0.3) is 10.0 Å². The highest BCUT2D eigenvalue weighted by Gasteiger charge is 2.17. The third-order valence-corrected chi connectivity index (χ3v) is 3.73. The second-order valence-electron chi connectivity index (χ2n) is 3.98. The molecule has 6 nitrogen and oxygen atoms in total. The number of carbonyl (C=O) groups is 1. The van der Waals surface area contributed by atoms with Crippen molar-refractivity contribution >= 4 is 21.7 Å². The quantitative estimate of drug-likeness (QED) is 0.898. The Morgan fingerprint density at radius 2 is 1.71 bits per heavy atom. The first kappa shape index (κ1) is 14.9. The second kappa shape index (κ2) is 5.44. The maximum Gasteiger partial charge on any atom is 0.337 e. The van der Waals surface area contributed by atoms with Crippen LogP contribution in [0, 0.1) is 11.6 Å². The molecule has 0 saturated carbocycles. The normalized spacial score (nSPS) is 11.1. The molecule has 9 heteroatoms. The minimum atomic E-state index is -4.21. The summed E-state index contributed by atoms with van der Waals surface area (Å²) in [5.74, 6) is -3.26. The molecule has 0 bridgehead atoms. The molecule has 1 aromatic carbocycles. The SMILES string of the molecule is O=C(O)c1cncc(S(=O)(=O)Nc2cc(F)cc(F)c2)c1. The van der Waals surface area contributed by atoms with Crippen LogP contribution in [0.15, 0.2) is 41.6 Å². The first-order chi connectivity index (χ1) is 9.78. The summed E-state index contributed by atoms with van der Waals surface area (Å²) in [4.78, 5) is 13.8. The summed E-state index contributed by atoms with van der Waals surface area (Å²) in [6.45, 7) is 0. The molecule has 2 N–H and O–H groups in total. The van der Waals surface area contributed by atoms with Crippen LogP contribution in [0.2, 0.25) is 0 Å². The van der Waals surface area contributed by atoms with E-state index in [9.17, 15) is 22.0 Å². The molecule has 0 amide bonds. The number of nitrogens with zero attached hydrogens (tertiary/aromatic N) is 1. The van der Waals surface area contributed by atoms with Gasteiger partial charge in [0.15, 0.2) is 0 Å². The Kier molecular flexibility index (Phi) is 3.85.